The number of hydrogen-bond donors (Lipinski definition) is 2. The first-order valence-corrected chi connectivity index (χ1v) is 9.80. The number of carbonyl (C=O) groups is 2. The molecule has 0 aromatic carbocycles. The molecule has 0 amide bonds. The fourth-order valence-corrected chi connectivity index (χ4v) is 5.15. The molecular weight excluding hydrogens is 324 g/mol. The highest BCUT2D eigenvalue weighted by Gasteiger charge is 2.46. The van der Waals surface area contributed by atoms with Gasteiger partial charge in [-0.2, -0.15) is 0 Å². The van der Waals surface area contributed by atoms with Gasteiger partial charge in [0.1, 0.15) is 0 Å². The third kappa shape index (κ3) is 5.87. The molecule has 1 atom stereocenters. The SMILES string of the molecule is C1CCC(C2(C3CCCCO3)CCCCC2)CC1.O=C(O)OC(=O)O. The molecule has 1 heterocycles. The first-order valence-electron chi connectivity index (χ1n) is 9.80. The number of carboxylic acid groups (broad SMARTS) is 2. The van der Waals surface area contributed by atoms with E-state index in [1.54, 1.807) is 0 Å². The maximum absolute atomic E-state index is 9.21. The molecule has 2 saturated carbocycles. The van der Waals surface area contributed by atoms with Crippen molar-refractivity contribution in [1.82, 2.24) is 0 Å². The van der Waals surface area contributed by atoms with E-state index in [1.165, 1.54) is 83.5 Å². The van der Waals surface area contributed by atoms with E-state index < -0.39 is 12.3 Å². The lowest BCUT2D eigenvalue weighted by atomic mass is 9.58. The summed E-state index contributed by atoms with van der Waals surface area (Å²) in [5.74, 6) is 0.995. The van der Waals surface area contributed by atoms with E-state index in [0.717, 1.165) is 12.5 Å². The van der Waals surface area contributed by atoms with Gasteiger partial charge in [0, 0.05) is 6.61 Å². The molecular formula is C19H32O6. The molecule has 1 aliphatic heterocycles. The van der Waals surface area contributed by atoms with Gasteiger partial charge in [-0.1, -0.05) is 38.5 Å². The Morgan fingerprint density at radius 1 is 0.800 bits per heavy atom. The van der Waals surface area contributed by atoms with Crippen LogP contribution in [0.25, 0.3) is 0 Å². The Morgan fingerprint density at radius 2 is 1.36 bits per heavy atom. The third-order valence-corrected chi connectivity index (χ3v) is 6.20. The lowest BCUT2D eigenvalue weighted by Gasteiger charge is -2.51. The second kappa shape index (κ2) is 10.00. The molecule has 2 aliphatic carbocycles. The molecule has 1 saturated heterocycles. The van der Waals surface area contributed by atoms with Crippen LogP contribution >= 0.6 is 0 Å². The van der Waals surface area contributed by atoms with E-state index in [9.17, 15) is 9.59 Å². The van der Waals surface area contributed by atoms with Gasteiger partial charge in [0.05, 0.1) is 6.10 Å². The average Bonchev–Trinajstić information content (AvgIpc) is 2.63. The smallest absolute Gasteiger partial charge is 0.449 e. The molecule has 0 bridgehead atoms. The normalized spacial score (nSPS) is 26.8. The molecule has 0 radical (unpaired) electrons. The molecule has 25 heavy (non-hydrogen) atoms. The maximum atomic E-state index is 9.21. The van der Waals surface area contributed by atoms with E-state index in [1.807, 2.05) is 0 Å². The standard InChI is InChI=1S/C17H30O.C2H2O5/c1-3-9-15(10-4-1)17(12-6-2-7-13-17)16-11-5-8-14-18-16;3-1(4)7-2(5)6/h15-16H,1-14H2;(H,3,4)(H,5,6). The second-order valence-electron chi connectivity index (χ2n) is 7.62. The van der Waals surface area contributed by atoms with Crippen LogP contribution in [0.4, 0.5) is 9.59 Å². The summed E-state index contributed by atoms with van der Waals surface area (Å²) in [5.41, 5.74) is 0.596. The van der Waals surface area contributed by atoms with E-state index in [0.29, 0.717) is 11.5 Å². The predicted molar refractivity (Wildman–Crippen MR) is 92.8 cm³/mol. The average molecular weight is 356 g/mol. The monoisotopic (exact) mass is 356 g/mol. The van der Waals surface area contributed by atoms with Gasteiger partial charge in [-0.05, 0) is 56.3 Å². The second-order valence-corrected chi connectivity index (χ2v) is 7.62. The summed E-state index contributed by atoms with van der Waals surface area (Å²) in [5, 5.41) is 15.0. The molecule has 0 aromatic heterocycles. The first kappa shape index (κ1) is 20.0. The van der Waals surface area contributed by atoms with Gasteiger partial charge in [0.2, 0.25) is 0 Å². The Balaban J connectivity index is 0.000000277. The Hall–Kier alpha value is -1.30. The molecule has 3 aliphatic rings. The number of rotatable bonds is 2. The number of hydrogen-bond acceptors (Lipinski definition) is 4. The molecule has 0 aromatic rings. The summed E-state index contributed by atoms with van der Waals surface area (Å²) >= 11 is 0. The quantitative estimate of drug-likeness (QED) is 0.505. The maximum Gasteiger partial charge on any atom is 0.516 e. The van der Waals surface area contributed by atoms with Crippen molar-refractivity contribution < 1.29 is 29.3 Å². The topological polar surface area (TPSA) is 93.1 Å². The molecule has 0 spiro atoms. The molecule has 144 valence electrons. The Kier molecular flexibility index (Phi) is 8.00. The van der Waals surface area contributed by atoms with Gasteiger partial charge in [0.25, 0.3) is 0 Å². The van der Waals surface area contributed by atoms with Crippen molar-refractivity contribution in [2.45, 2.75) is 89.6 Å². The fourth-order valence-electron chi connectivity index (χ4n) is 5.15. The summed E-state index contributed by atoms with van der Waals surface area (Å²) in [6.07, 6.45) is 15.9. The highest BCUT2D eigenvalue weighted by molar-refractivity contribution is 5.74. The minimum Gasteiger partial charge on any atom is -0.449 e. The fraction of sp³-hybridized carbons (Fsp3) is 0.895. The predicted octanol–water partition coefficient (Wildman–Crippen LogP) is 5.45. The van der Waals surface area contributed by atoms with E-state index in [4.69, 9.17) is 14.9 Å². The van der Waals surface area contributed by atoms with Gasteiger partial charge in [-0.3, -0.25) is 0 Å². The van der Waals surface area contributed by atoms with Crippen LogP contribution in [0.2, 0.25) is 0 Å². The van der Waals surface area contributed by atoms with Crippen LogP contribution < -0.4 is 0 Å². The molecule has 3 rings (SSSR count). The summed E-state index contributed by atoms with van der Waals surface area (Å²) < 4.78 is 9.36. The molecule has 6 nitrogen and oxygen atoms in total. The summed E-state index contributed by atoms with van der Waals surface area (Å²) in [7, 11) is 0. The van der Waals surface area contributed by atoms with Crippen molar-refractivity contribution in [3.8, 4) is 0 Å². The van der Waals surface area contributed by atoms with Gasteiger partial charge in [-0.15, -0.1) is 0 Å². The summed E-state index contributed by atoms with van der Waals surface area (Å²) in [4.78, 5) is 18.4. The zero-order chi connectivity index (χ0) is 18.1. The van der Waals surface area contributed by atoms with E-state index in [-0.39, 0.29) is 0 Å². The zero-order valence-corrected chi connectivity index (χ0v) is 15.1. The van der Waals surface area contributed by atoms with E-state index in [2.05, 4.69) is 4.74 Å². The van der Waals surface area contributed by atoms with E-state index >= 15 is 0 Å². The van der Waals surface area contributed by atoms with Gasteiger partial charge in [-0.25, -0.2) is 9.59 Å². The molecule has 6 heteroatoms. The van der Waals surface area contributed by atoms with Crippen molar-refractivity contribution in [1.29, 1.82) is 0 Å². The Morgan fingerprint density at radius 3 is 1.84 bits per heavy atom. The van der Waals surface area contributed by atoms with Crippen LogP contribution in [0.1, 0.15) is 83.5 Å². The molecule has 1 unspecified atom stereocenters. The van der Waals surface area contributed by atoms with Crippen LogP contribution in [-0.2, 0) is 9.47 Å². The minimum atomic E-state index is -1.81. The number of ether oxygens (including phenoxy) is 2. The van der Waals surface area contributed by atoms with Crippen molar-refractivity contribution in [2.24, 2.45) is 11.3 Å². The zero-order valence-electron chi connectivity index (χ0n) is 15.1. The lowest BCUT2D eigenvalue weighted by Crippen LogP contribution is -2.46. The molecule has 3 fully saturated rings. The van der Waals surface area contributed by atoms with Crippen LogP contribution in [0.5, 0.6) is 0 Å². The van der Waals surface area contributed by atoms with Crippen molar-refractivity contribution >= 4 is 12.3 Å². The largest absolute Gasteiger partial charge is 0.516 e. The van der Waals surface area contributed by atoms with Gasteiger partial charge in [0.15, 0.2) is 0 Å². The van der Waals surface area contributed by atoms with Gasteiger partial charge < -0.3 is 19.7 Å². The highest BCUT2D eigenvalue weighted by Crippen LogP contribution is 2.53. The lowest BCUT2D eigenvalue weighted by molar-refractivity contribution is -0.118. The minimum absolute atomic E-state index is 0.596. The first-order chi connectivity index (χ1) is 12.0. The molecule has 2 N–H and O–H groups in total. The Bertz CT molecular complexity index is 386. The van der Waals surface area contributed by atoms with Crippen LogP contribution in [0, 0.1) is 11.3 Å². The van der Waals surface area contributed by atoms with Crippen LogP contribution in [0.3, 0.4) is 0 Å². The van der Waals surface area contributed by atoms with Crippen LogP contribution in [0.15, 0.2) is 0 Å². The van der Waals surface area contributed by atoms with Crippen LogP contribution in [-0.4, -0.2) is 35.2 Å². The third-order valence-electron chi connectivity index (χ3n) is 6.20. The summed E-state index contributed by atoms with van der Waals surface area (Å²) in [6, 6.07) is 0. The summed E-state index contributed by atoms with van der Waals surface area (Å²) in [6.45, 7) is 1.04. The highest BCUT2D eigenvalue weighted by atomic mass is 16.7. The van der Waals surface area contributed by atoms with Crippen molar-refractivity contribution in [3.63, 3.8) is 0 Å². The van der Waals surface area contributed by atoms with Crippen molar-refractivity contribution in [3.05, 3.63) is 0 Å². The Labute approximate surface area is 149 Å². The van der Waals surface area contributed by atoms with Gasteiger partial charge >= 0.3 is 12.3 Å². The van der Waals surface area contributed by atoms with Crippen molar-refractivity contribution in [2.75, 3.05) is 6.61 Å².